The number of pyridine rings is 1. The van der Waals surface area contributed by atoms with Crippen molar-refractivity contribution in [3.05, 3.63) is 54.4 Å². The second-order valence-electron chi connectivity index (χ2n) is 7.57. The van der Waals surface area contributed by atoms with Crippen molar-refractivity contribution in [1.82, 2.24) is 20.0 Å². The monoisotopic (exact) mass is 438 g/mol. The number of aromatic nitrogens is 4. The average molecular weight is 439 g/mol. The molecule has 0 atom stereocenters. The van der Waals surface area contributed by atoms with E-state index < -0.39 is 5.97 Å². The number of rotatable bonds is 13. The van der Waals surface area contributed by atoms with Crippen LogP contribution in [0.15, 0.2) is 48.8 Å². The molecule has 0 fully saturated rings. The highest BCUT2D eigenvalue weighted by Crippen LogP contribution is 2.25. The lowest BCUT2D eigenvalue weighted by molar-refractivity contribution is 0.0600. The molecule has 0 unspecified atom stereocenters. The van der Waals surface area contributed by atoms with Crippen LogP contribution in [0.2, 0.25) is 0 Å². The minimum absolute atomic E-state index is 0.296. The van der Waals surface area contributed by atoms with E-state index in [2.05, 4.69) is 20.0 Å². The van der Waals surface area contributed by atoms with Gasteiger partial charge in [-0.15, -0.1) is 5.10 Å². The van der Waals surface area contributed by atoms with Crippen LogP contribution in [-0.2, 0) is 11.3 Å². The number of hydrogen-bond acceptors (Lipinski definition) is 7. The van der Waals surface area contributed by atoms with E-state index >= 15 is 0 Å². The Labute approximate surface area is 188 Å². The first kappa shape index (κ1) is 23.4. The zero-order chi connectivity index (χ0) is 22.6. The maximum absolute atomic E-state index is 11.5. The van der Waals surface area contributed by atoms with E-state index in [-0.39, 0.29) is 0 Å². The number of methoxy groups -OCH3 is 1. The van der Waals surface area contributed by atoms with Gasteiger partial charge < -0.3 is 14.6 Å². The number of nitrogens with zero attached hydrogens (tertiary/aromatic N) is 4. The van der Waals surface area contributed by atoms with Gasteiger partial charge in [0.25, 0.3) is 0 Å². The van der Waals surface area contributed by atoms with E-state index in [0.717, 1.165) is 37.1 Å². The van der Waals surface area contributed by atoms with Crippen molar-refractivity contribution in [2.75, 3.05) is 13.7 Å². The molecule has 1 aromatic carbocycles. The van der Waals surface area contributed by atoms with Gasteiger partial charge in [0.2, 0.25) is 5.88 Å². The van der Waals surface area contributed by atoms with E-state index in [1.165, 1.54) is 39.0 Å². The highest BCUT2D eigenvalue weighted by atomic mass is 16.5. The fourth-order valence-electron chi connectivity index (χ4n) is 3.33. The van der Waals surface area contributed by atoms with Crippen LogP contribution < -0.4 is 4.74 Å². The lowest BCUT2D eigenvalue weighted by Gasteiger charge is -2.06. The van der Waals surface area contributed by atoms with E-state index in [4.69, 9.17) is 9.84 Å². The molecule has 0 aliphatic carbocycles. The van der Waals surface area contributed by atoms with Crippen molar-refractivity contribution in [3.8, 4) is 22.9 Å². The molecule has 2 heterocycles. The summed E-state index contributed by atoms with van der Waals surface area (Å²) in [5.41, 5.74) is 2.06. The molecule has 0 saturated heterocycles. The van der Waals surface area contributed by atoms with E-state index in [1.807, 2.05) is 35.1 Å². The summed E-state index contributed by atoms with van der Waals surface area (Å²) >= 11 is 0. The molecule has 8 nitrogen and oxygen atoms in total. The third kappa shape index (κ3) is 7.16. The lowest BCUT2D eigenvalue weighted by Crippen LogP contribution is -2.01. The summed E-state index contributed by atoms with van der Waals surface area (Å²) in [4.78, 5) is 15.7. The first-order chi connectivity index (χ1) is 15.7. The molecule has 0 spiro atoms. The molecule has 0 saturated carbocycles. The molecule has 170 valence electrons. The molecular weight excluding hydrogens is 408 g/mol. The number of aryl methyl sites for hydroxylation is 1. The predicted molar refractivity (Wildman–Crippen MR) is 121 cm³/mol. The van der Waals surface area contributed by atoms with E-state index in [1.54, 1.807) is 12.1 Å². The van der Waals surface area contributed by atoms with Gasteiger partial charge in [-0.05, 0) is 31.0 Å². The maximum atomic E-state index is 11.5. The first-order valence-corrected chi connectivity index (χ1v) is 11.0. The molecule has 1 N–H and O–H groups in total. The quantitative estimate of drug-likeness (QED) is 0.306. The number of benzene rings is 1. The summed E-state index contributed by atoms with van der Waals surface area (Å²) in [6, 6.07) is 10.8. The number of carbonyl (C=O) groups excluding carboxylic acids is 1. The maximum Gasteiger partial charge on any atom is 0.339 e. The minimum atomic E-state index is -0.438. The molecule has 3 aromatic rings. The third-order valence-electron chi connectivity index (χ3n) is 5.09. The van der Waals surface area contributed by atoms with E-state index in [9.17, 15) is 4.79 Å². The summed E-state index contributed by atoms with van der Waals surface area (Å²) in [5.74, 6) is 0.568. The number of aliphatic hydroxyl groups is 1. The Morgan fingerprint density at radius 3 is 2.53 bits per heavy atom. The van der Waals surface area contributed by atoms with Gasteiger partial charge in [0.1, 0.15) is 11.4 Å². The Kier molecular flexibility index (Phi) is 9.19. The number of aliphatic hydroxyl groups excluding tert-OH is 1. The molecule has 0 aliphatic rings. The summed E-state index contributed by atoms with van der Waals surface area (Å²) in [5, 5.41) is 17.3. The van der Waals surface area contributed by atoms with Crippen LogP contribution in [0.3, 0.4) is 0 Å². The Hall–Kier alpha value is -3.26. The summed E-state index contributed by atoms with van der Waals surface area (Å²) in [7, 11) is 1.33. The van der Waals surface area contributed by atoms with E-state index in [0.29, 0.717) is 23.8 Å². The molecule has 2 aromatic heterocycles. The lowest BCUT2D eigenvalue weighted by atomic mass is 10.1. The Morgan fingerprint density at radius 2 is 1.81 bits per heavy atom. The number of unbranched alkanes of at least 4 members (excludes halogenated alkanes) is 6. The second kappa shape index (κ2) is 12.6. The van der Waals surface area contributed by atoms with Crippen molar-refractivity contribution in [3.63, 3.8) is 0 Å². The zero-order valence-electron chi connectivity index (χ0n) is 18.4. The van der Waals surface area contributed by atoms with Gasteiger partial charge in [0.05, 0.1) is 18.9 Å². The number of hydrogen-bond donors (Lipinski definition) is 1. The highest BCUT2D eigenvalue weighted by molar-refractivity contribution is 5.88. The zero-order valence-corrected chi connectivity index (χ0v) is 18.4. The topological polar surface area (TPSA) is 99.4 Å². The third-order valence-corrected chi connectivity index (χ3v) is 5.09. The molecule has 0 radical (unpaired) electrons. The molecule has 0 amide bonds. The molecule has 8 heteroatoms. The van der Waals surface area contributed by atoms with Gasteiger partial charge in [-0.25, -0.2) is 9.78 Å². The van der Waals surface area contributed by atoms with Crippen molar-refractivity contribution >= 4 is 5.97 Å². The van der Waals surface area contributed by atoms with Crippen LogP contribution in [0.25, 0.3) is 11.3 Å². The van der Waals surface area contributed by atoms with Gasteiger partial charge in [0, 0.05) is 31.0 Å². The minimum Gasteiger partial charge on any atom is -0.465 e. The van der Waals surface area contributed by atoms with Gasteiger partial charge in [0.15, 0.2) is 0 Å². The van der Waals surface area contributed by atoms with Crippen LogP contribution in [-0.4, -0.2) is 44.8 Å². The normalized spacial score (nSPS) is 10.8. The highest BCUT2D eigenvalue weighted by Gasteiger charge is 2.09. The van der Waals surface area contributed by atoms with Gasteiger partial charge in [-0.3, -0.25) is 4.68 Å². The van der Waals surface area contributed by atoms with Gasteiger partial charge in [-0.2, -0.15) is 0 Å². The van der Waals surface area contributed by atoms with Crippen LogP contribution in [0.5, 0.6) is 11.6 Å². The van der Waals surface area contributed by atoms with Crippen molar-refractivity contribution < 1.29 is 19.4 Å². The van der Waals surface area contributed by atoms with Gasteiger partial charge in [-0.1, -0.05) is 49.5 Å². The van der Waals surface area contributed by atoms with Crippen LogP contribution in [0.1, 0.15) is 55.3 Å². The van der Waals surface area contributed by atoms with Crippen molar-refractivity contribution in [1.29, 1.82) is 0 Å². The fraction of sp³-hybridized carbons (Fsp3) is 0.417. The molecule has 3 rings (SSSR count). The Balaban J connectivity index is 1.50. The fourth-order valence-corrected chi connectivity index (χ4v) is 3.33. The summed E-state index contributed by atoms with van der Waals surface area (Å²) in [6.45, 7) is 1.14. The van der Waals surface area contributed by atoms with Crippen LogP contribution in [0.4, 0.5) is 0 Å². The smallest absolute Gasteiger partial charge is 0.339 e. The molecular formula is C24H30N4O4. The molecule has 32 heavy (non-hydrogen) atoms. The SMILES string of the molecule is COC(=O)c1ccc(Oc2cccc(-c3cn(CCCCCCCCCO)nn3)c2)nc1. The van der Waals surface area contributed by atoms with Crippen LogP contribution >= 0.6 is 0 Å². The molecule has 0 bridgehead atoms. The number of carbonyl (C=O) groups is 1. The standard InChI is InChI=1S/C24H30N4O4/c1-31-24(30)20-12-13-23(25-17-20)32-21-11-9-10-19(16-21)22-18-28(27-26-22)14-7-5-3-2-4-6-8-15-29/h9-13,16-18,29H,2-8,14-15H2,1H3. The summed E-state index contributed by atoms with van der Waals surface area (Å²) < 4.78 is 12.4. The Bertz CT molecular complexity index is 972. The molecule has 0 aliphatic heterocycles. The van der Waals surface area contributed by atoms with Crippen molar-refractivity contribution in [2.24, 2.45) is 0 Å². The Morgan fingerprint density at radius 1 is 1.03 bits per heavy atom. The van der Waals surface area contributed by atoms with Gasteiger partial charge >= 0.3 is 5.97 Å². The second-order valence-corrected chi connectivity index (χ2v) is 7.57. The number of ether oxygens (including phenoxy) is 2. The summed E-state index contributed by atoms with van der Waals surface area (Å²) in [6.07, 6.45) is 11.2. The van der Waals surface area contributed by atoms with Crippen LogP contribution in [0, 0.1) is 0 Å². The average Bonchev–Trinajstić information content (AvgIpc) is 3.30. The largest absolute Gasteiger partial charge is 0.465 e. The van der Waals surface area contributed by atoms with Crippen molar-refractivity contribution in [2.45, 2.75) is 51.5 Å². The predicted octanol–water partition coefficient (Wildman–Crippen LogP) is 4.64. The number of esters is 1. The first-order valence-electron chi connectivity index (χ1n) is 11.0.